The molecule has 0 atom stereocenters. The van der Waals surface area contributed by atoms with E-state index in [-0.39, 0.29) is 6.61 Å². The summed E-state index contributed by atoms with van der Waals surface area (Å²) in [7, 11) is 0. The maximum atomic E-state index is 9.21. The van der Waals surface area contributed by atoms with Gasteiger partial charge in [-0.3, -0.25) is 4.98 Å². The predicted molar refractivity (Wildman–Crippen MR) is 64.9 cm³/mol. The van der Waals surface area contributed by atoms with Gasteiger partial charge >= 0.3 is 0 Å². The van der Waals surface area contributed by atoms with E-state index in [2.05, 4.69) is 11.1 Å². The number of benzene rings is 1. The zero-order valence-corrected chi connectivity index (χ0v) is 9.30. The Kier molecular flexibility index (Phi) is 3.49. The van der Waals surface area contributed by atoms with E-state index >= 15 is 0 Å². The molecule has 0 spiro atoms. The molecule has 0 saturated carbocycles. The summed E-state index contributed by atoms with van der Waals surface area (Å²) in [4.78, 5) is 3.97. The summed E-state index contributed by atoms with van der Waals surface area (Å²) in [6, 6.07) is 11.7. The number of aliphatic hydroxyl groups is 1. The van der Waals surface area contributed by atoms with E-state index in [1.807, 2.05) is 30.3 Å². The third kappa shape index (κ3) is 2.68. The average Bonchev–Trinajstić information content (AvgIpc) is 2.40. The highest BCUT2D eigenvalue weighted by atomic mass is 16.3. The molecule has 0 fully saturated rings. The van der Waals surface area contributed by atoms with Gasteiger partial charge < -0.3 is 5.11 Å². The first kappa shape index (κ1) is 11.3. The minimum Gasteiger partial charge on any atom is -0.392 e. The van der Waals surface area contributed by atoms with E-state index in [4.69, 9.17) is 5.26 Å². The van der Waals surface area contributed by atoms with Crippen LogP contribution in [-0.2, 0) is 13.0 Å². The summed E-state index contributed by atoms with van der Waals surface area (Å²) in [5.41, 5.74) is 3.79. The van der Waals surface area contributed by atoms with Crippen molar-refractivity contribution in [2.45, 2.75) is 13.0 Å². The Morgan fingerprint density at radius 1 is 1.06 bits per heavy atom. The number of rotatable bonds is 3. The van der Waals surface area contributed by atoms with Gasteiger partial charge in [0.25, 0.3) is 0 Å². The number of hydrogen-bond acceptors (Lipinski definition) is 3. The third-order valence-electron chi connectivity index (χ3n) is 2.53. The molecule has 0 bridgehead atoms. The highest BCUT2D eigenvalue weighted by molar-refractivity contribution is 5.64. The fraction of sp³-hybridized carbons (Fsp3) is 0.143. The van der Waals surface area contributed by atoms with Crippen molar-refractivity contribution in [2.24, 2.45) is 0 Å². The molecule has 0 amide bonds. The van der Waals surface area contributed by atoms with Crippen LogP contribution in [0, 0.1) is 11.3 Å². The van der Waals surface area contributed by atoms with E-state index in [1.165, 1.54) is 0 Å². The fourth-order valence-electron chi connectivity index (χ4n) is 1.76. The van der Waals surface area contributed by atoms with Crippen molar-refractivity contribution in [3.05, 3.63) is 53.9 Å². The lowest BCUT2D eigenvalue weighted by Gasteiger charge is -2.06. The molecule has 1 aromatic carbocycles. The van der Waals surface area contributed by atoms with Crippen LogP contribution in [0.4, 0.5) is 0 Å². The number of nitriles is 1. The quantitative estimate of drug-likeness (QED) is 0.870. The van der Waals surface area contributed by atoms with E-state index in [0.29, 0.717) is 6.42 Å². The van der Waals surface area contributed by atoms with Gasteiger partial charge in [-0.05, 0) is 40.5 Å². The van der Waals surface area contributed by atoms with Gasteiger partial charge in [0.05, 0.1) is 19.1 Å². The van der Waals surface area contributed by atoms with Crippen molar-refractivity contribution in [3.8, 4) is 17.2 Å². The van der Waals surface area contributed by atoms with Crippen LogP contribution in [0.15, 0.2) is 42.7 Å². The summed E-state index contributed by atoms with van der Waals surface area (Å²) in [6.07, 6.45) is 3.81. The van der Waals surface area contributed by atoms with Gasteiger partial charge in [-0.1, -0.05) is 12.1 Å². The molecule has 1 N–H and O–H groups in total. The Hall–Kier alpha value is -2.18. The van der Waals surface area contributed by atoms with Crippen molar-refractivity contribution >= 4 is 0 Å². The molecule has 1 heterocycles. The third-order valence-corrected chi connectivity index (χ3v) is 2.53. The maximum absolute atomic E-state index is 9.21. The number of nitrogens with zero attached hydrogens (tertiary/aromatic N) is 2. The normalized spacial score (nSPS) is 9.88. The summed E-state index contributed by atoms with van der Waals surface area (Å²) in [5, 5.41) is 17.9. The van der Waals surface area contributed by atoms with Crippen LogP contribution in [0.1, 0.15) is 11.1 Å². The number of hydrogen-bond donors (Lipinski definition) is 1. The average molecular weight is 224 g/mol. The highest BCUT2D eigenvalue weighted by Gasteiger charge is 2.02. The molecule has 2 rings (SSSR count). The molecular weight excluding hydrogens is 212 g/mol. The van der Waals surface area contributed by atoms with E-state index < -0.39 is 0 Å². The first-order valence-corrected chi connectivity index (χ1v) is 5.34. The topological polar surface area (TPSA) is 56.9 Å². The van der Waals surface area contributed by atoms with Crippen LogP contribution in [0.2, 0.25) is 0 Å². The molecule has 0 saturated heterocycles. The molecule has 0 radical (unpaired) electrons. The zero-order valence-electron chi connectivity index (χ0n) is 9.30. The second-order valence-electron chi connectivity index (χ2n) is 3.77. The maximum Gasteiger partial charge on any atom is 0.0682 e. The molecule has 3 nitrogen and oxygen atoms in total. The van der Waals surface area contributed by atoms with Crippen LogP contribution in [0.3, 0.4) is 0 Å². The van der Waals surface area contributed by atoms with Gasteiger partial charge in [-0.25, -0.2) is 0 Å². The summed E-state index contributed by atoms with van der Waals surface area (Å²) in [6.45, 7) is -0.0165. The van der Waals surface area contributed by atoms with E-state index in [9.17, 15) is 5.11 Å². The summed E-state index contributed by atoms with van der Waals surface area (Å²) < 4.78 is 0. The van der Waals surface area contributed by atoms with Crippen LogP contribution >= 0.6 is 0 Å². The largest absolute Gasteiger partial charge is 0.392 e. The van der Waals surface area contributed by atoms with Crippen LogP contribution in [0.25, 0.3) is 11.1 Å². The highest BCUT2D eigenvalue weighted by Crippen LogP contribution is 2.22. The first-order chi connectivity index (χ1) is 8.33. The van der Waals surface area contributed by atoms with Gasteiger partial charge in [-0.2, -0.15) is 5.26 Å². The Balaban J connectivity index is 2.47. The second-order valence-corrected chi connectivity index (χ2v) is 3.77. The SMILES string of the molecule is N#CCc1cc(CO)cc(-c2ccncc2)c1. The molecule has 84 valence electrons. The number of pyridine rings is 1. The van der Waals surface area contributed by atoms with Crippen LogP contribution in [-0.4, -0.2) is 10.1 Å². The van der Waals surface area contributed by atoms with Crippen LogP contribution in [0.5, 0.6) is 0 Å². The molecule has 0 aliphatic carbocycles. The molecule has 1 aromatic heterocycles. The fourth-order valence-corrected chi connectivity index (χ4v) is 1.76. The Bertz CT molecular complexity index is 544. The lowest BCUT2D eigenvalue weighted by atomic mass is 9.99. The minimum absolute atomic E-state index is 0.0165. The Morgan fingerprint density at radius 2 is 1.76 bits per heavy atom. The van der Waals surface area contributed by atoms with Crippen molar-refractivity contribution in [3.63, 3.8) is 0 Å². The smallest absolute Gasteiger partial charge is 0.0682 e. The number of aliphatic hydroxyl groups excluding tert-OH is 1. The lowest BCUT2D eigenvalue weighted by molar-refractivity contribution is 0.282. The lowest BCUT2D eigenvalue weighted by Crippen LogP contribution is -1.90. The molecule has 0 aliphatic rings. The van der Waals surface area contributed by atoms with Crippen molar-refractivity contribution in [1.29, 1.82) is 5.26 Å². The second kappa shape index (κ2) is 5.24. The molecule has 0 aliphatic heterocycles. The summed E-state index contributed by atoms with van der Waals surface area (Å²) >= 11 is 0. The van der Waals surface area contributed by atoms with Gasteiger partial charge in [0, 0.05) is 12.4 Å². The van der Waals surface area contributed by atoms with E-state index in [1.54, 1.807) is 12.4 Å². The van der Waals surface area contributed by atoms with Gasteiger partial charge in [0.2, 0.25) is 0 Å². The van der Waals surface area contributed by atoms with Crippen molar-refractivity contribution < 1.29 is 5.11 Å². The van der Waals surface area contributed by atoms with Crippen molar-refractivity contribution in [1.82, 2.24) is 4.98 Å². The zero-order chi connectivity index (χ0) is 12.1. The Labute approximate surface area is 100.0 Å². The van der Waals surface area contributed by atoms with Crippen LogP contribution < -0.4 is 0 Å². The summed E-state index contributed by atoms with van der Waals surface area (Å²) in [5.74, 6) is 0. The number of aromatic nitrogens is 1. The Morgan fingerprint density at radius 3 is 2.41 bits per heavy atom. The van der Waals surface area contributed by atoms with Gasteiger partial charge in [-0.15, -0.1) is 0 Å². The minimum atomic E-state index is -0.0165. The standard InChI is InChI=1S/C14H12N2O/c15-4-1-11-7-12(10-17)9-14(8-11)13-2-5-16-6-3-13/h2-3,5-9,17H,1,10H2. The van der Waals surface area contributed by atoms with Gasteiger partial charge in [0.15, 0.2) is 0 Å². The predicted octanol–water partition coefficient (Wildman–Crippen LogP) is 2.31. The molecular formula is C14H12N2O. The first-order valence-electron chi connectivity index (χ1n) is 5.34. The molecule has 2 aromatic rings. The van der Waals surface area contributed by atoms with Gasteiger partial charge in [0.1, 0.15) is 0 Å². The molecule has 3 heteroatoms. The monoisotopic (exact) mass is 224 g/mol. The van der Waals surface area contributed by atoms with E-state index in [0.717, 1.165) is 22.3 Å². The van der Waals surface area contributed by atoms with Crippen molar-refractivity contribution in [2.75, 3.05) is 0 Å². The molecule has 0 unspecified atom stereocenters. The molecule has 17 heavy (non-hydrogen) atoms.